The lowest BCUT2D eigenvalue weighted by Crippen LogP contribution is -2.62. The van der Waals surface area contributed by atoms with Gasteiger partial charge in [0.1, 0.15) is 5.78 Å². The number of carbonyl (C=O) groups excluding carboxylic acids is 1. The van der Waals surface area contributed by atoms with Crippen LogP contribution in [0.3, 0.4) is 0 Å². The van der Waals surface area contributed by atoms with Crippen molar-refractivity contribution in [3.05, 3.63) is 0 Å². The normalized spacial score (nSPS) is 25.2. The average Bonchev–Trinajstić information content (AvgIpc) is 2.11. The molecule has 1 N–H and O–H groups in total. The van der Waals surface area contributed by atoms with Crippen LogP contribution in [0.4, 0.5) is 0 Å². The molecule has 1 saturated heterocycles. The molecule has 1 aliphatic heterocycles. The number of piperidine rings is 1. The van der Waals surface area contributed by atoms with Gasteiger partial charge >= 0.3 is 0 Å². The van der Waals surface area contributed by atoms with E-state index < -0.39 is 0 Å². The number of likely N-dealkylation sites (N-methyl/N-ethyl adjacent to an activating group) is 1. The summed E-state index contributed by atoms with van der Waals surface area (Å²) in [7, 11) is 1.99. The Labute approximate surface area is 105 Å². The van der Waals surface area contributed by atoms with Crippen LogP contribution in [-0.2, 0) is 4.79 Å². The van der Waals surface area contributed by atoms with Gasteiger partial charge in [0, 0.05) is 17.1 Å². The Balaban J connectivity index is 2.81. The second kappa shape index (κ2) is 4.67. The number of hydrogen-bond acceptors (Lipinski definition) is 4. The molecule has 1 aliphatic rings. The van der Waals surface area contributed by atoms with E-state index in [4.69, 9.17) is 0 Å². The van der Waals surface area contributed by atoms with E-state index in [0.29, 0.717) is 12.6 Å². The largest absolute Gasteiger partial charge is 0.313 e. The molecular weight excluding hydrogens is 216 g/mol. The molecule has 0 atom stereocenters. The van der Waals surface area contributed by atoms with Gasteiger partial charge in [0.05, 0.1) is 6.54 Å². The molecule has 0 amide bonds. The van der Waals surface area contributed by atoms with Crippen molar-refractivity contribution in [3.63, 3.8) is 0 Å². The molecule has 0 aromatic carbocycles. The zero-order chi connectivity index (χ0) is 13.4. The summed E-state index contributed by atoms with van der Waals surface area (Å²) >= 11 is 0. The molecule has 1 fully saturated rings. The van der Waals surface area contributed by atoms with Crippen LogP contribution in [0.2, 0.25) is 0 Å². The molecule has 0 unspecified atom stereocenters. The van der Waals surface area contributed by atoms with Gasteiger partial charge in [-0.05, 0) is 54.5 Å². The number of rotatable bonds is 3. The van der Waals surface area contributed by atoms with Crippen molar-refractivity contribution < 1.29 is 10.0 Å². The number of Topliss-reactive ketones (excluding diaryl/α,β-unsaturated/α-hetero) is 1. The number of nitrogens with zero attached hydrogens (tertiary/aromatic N) is 2. The van der Waals surface area contributed by atoms with Gasteiger partial charge in [-0.25, -0.2) is 0 Å². The molecule has 0 bridgehead atoms. The summed E-state index contributed by atoms with van der Waals surface area (Å²) in [5.41, 5.74) is -0.505. The smallest absolute Gasteiger partial charge is 0.143 e. The zero-order valence-electron chi connectivity index (χ0n) is 11.9. The number of hydroxylamine groups is 2. The SMILES string of the molecule is CC(=O)CN(C)C1CC(C)(C)N(O)C(C)(C)C1. The maximum atomic E-state index is 11.2. The van der Waals surface area contributed by atoms with Gasteiger partial charge in [0.2, 0.25) is 0 Å². The van der Waals surface area contributed by atoms with E-state index in [9.17, 15) is 10.0 Å². The maximum absolute atomic E-state index is 11.2. The first kappa shape index (κ1) is 14.6. The Morgan fingerprint density at radius 1 is 1.29 bits per heavy atom. The van der Waals surface area contributed by atoms with Crippen molar-refractivity contribution in [3.8, 4) is 0 Å². The Hall–Kier alpha value is -0.450. The highest BCUT2D eigenvalue weighted by atomic mass is 16.5. The summed E-state index contributed by atoms with van der Waals surface area (Å²) < 4.78 is 0. The van der Waals surface area contributed by atoms with E-state index in [1.165, 1.54) is 5.06 Å². The van der Waals surface area contributed by atoms with Crippen LogP contribution in [0.25, 0.3) is 0 Å². The fourth-order valence-electron chi connectivity index (χ4n) is 3.01. The summed E-state index contributed by atoms with van der Waals surface area (Å²) in [5.74, 6) is 0.189. The zero-order valence-corrected chi connectivity index (χ0v) is 11.9. The minimum atomic E-state index is -0.253. The Morgan fingerprint density at radius 2 is 1.71 bits per heavy atom. The summed E-state index contributed by atoms with van der Waals surface area (Å²) in [6.07, 6.45) is 1.74. The molecular formula is C13H26N2O2. The van der Waals surface area contributed by atoms with Crippen molar-refractivity contribution in [2.45, 2.75) is 64.6 Å². The van der Waals surface area contributed by atoms with Gasteiger partial charge in [0.25, 0.3) is 0 Å². The van der Waals surface area contributed by atoms with Crippen LogP contribution in [0.5, 0.6) is 0 Å². The van der Waals surface area contributed by atoms with Gasteiger partial charge in [-0.15, -0.1) is 0 Å². The number of carbonyl (C=O) groups is 1. The molecule has 100 valence electrons. The third-order valence-corrected chi connectivity index (χ3v) is 3.71. The van der Waals surface area contributed by atoms with Crippen LogP contribution < -0.4 is 0 Å². The molecule has 0 aliphatic carbocycles. The topological polar surface area (TPSA) is 43.8 Å². The van der Waals surface area contributed by atoms with Crippen LogP contribution in [0, 0.1) is 0 Å². The summed E-state index contributed by atoms with van der Waals surface area (Å²) in [5, 5.41) is 11.7. The molecule has 4 heteroatoms. The van der Waals surface area contributed by atoms with E-state index >= 15 is 0 Å². The Kier molecular flexibility index (Phi) is 4.01. The Morgan fingerprint density at radius 3 is 2.06 bits per heavy atom. The minimum Gasteiger partial charge on any atom is -0.313 e. The molecule has 1 rings (SSSR count). The predicted molar refractivity (Wildman–Crippen MR) is 68.1 cm³/mol. The second-order valence-electron chi connectivity index (χ2n) is 6.62. The first-order valence-electron chi connectivity index (χ1n) is 6.25. The maximum Gasteiger partial charge on any atom is 0.143 e. The molecule has 0 spiro atoms. The predicted octanol–water partition coefficient (Wildman–Crippen LogP) is 1.92. The van der Waals surface area contributed by atoms with Crippen LogP contribution in [0.15, 0.2) is 0 Å². The van der Waals surface area contributed by atoms with Gasteiger partial charge < -0.3 is 5.21 Å². The molecule has 0 aromatic rings. The molecule has 0 aromatic heterocycles. The quantitative estimate of drug-likeness (QED) is 0.821. The lowest BCUT2D eigenvalue weighted by molar-refractivity contribution is -0.251. The second-order valence-corrected chi connectivity index (χ2v) is 6.62. The van der Waals surface area contributed by atoms with Crippen molar-refractivity contribution in [1.82, 2.24) is 9.96 Å². The first-order valence-corrected chi connectivity index (χ1v) is 6.25. The molecule has 0 saturated carbocycles. The van der Waals surface area contributed by atoms with E-state index in [1.807, 2.05) is 34.7 Å². The standard InChI is InChI=1S/C13H26N2O2/c1-10(16)9-14(6)11-7-12(2,3)15(17)13(4,5)8-11/h11,17H,7-9H2,1-6H3. The lowest BCUT2D eigenvalue weighted by atomic mass is 9.78. The van der Waals surface area contributed by atoms with Gasteiger partial charge in [-0.3, -0.25) is 9.69 Å². The van der Waals surface area contributed by atoms with E-state index in [2.05, 4.69) is 4.90 Å². The molecule has 0 radical (unpaired) electrons. The highest BCUT2D eigenvalue weighted by Crippen LogP contribution is 2.38. The van der Waals surface area contributed by atoms with Crippen molar-refractivity contribution in [2.24, 2.45) is 0 Å². The van der Waals surface area contributed by atoms with Crippen molar-refractivity contribution >= 4 is 5.78 Å². The van der Waals surface area contributed by atoms with Gasteiger partial charge in [-0.2, -0.15) is 5.06 Å². The minimum absolute atomic E-state index is 0.189. The first-order chi connectivity index (χ1) is 7.56. The van der Waals surface area contributed by atoms with E-state index in [1.54, 1.807) is 6.92 Å². The van der Waals surface area contributed by atoms with Crippen LogP contribution in [0.1, 0.15) is 47.5 Å². The van der Waals surface area contributed by atoms with Crippen LogP contribution >= 0.6 is 0 Å². The average molecular weight is 242 g/mol. The fourth-order valence-corrected chi connectivity index (χ4v) is 3.01. The molecule has 4 nitrogen and oxygen atoms in total. The van der Waals surface area contributed by atoms with Crippen molar-refractivity contribution in [1.29, 1.82) is 0 Å². The number of ketones is 1. The molecule has 1 heterocycles. The van der Waals surface area contributed by atoms with Gasteiger partial charge in [0.15, 0.2) is 0 Å². The summed E-state index contributed by atoms with van der Waals surface area (Å²) in [6, 6.07) is 0.340. The van der Waals surface area contributed by atoms with Crippen LogP contribution in [-0.4, -0.2) is 51.7 Å². The number of hydrogen-bond donors (Lipinski definition) is 1. The summed E-state index contributed by atoms with van der Waals surface area (Å²) in [6.45, 7) is 10.3. The monoisotopic (exact) mass is 242 g/mol. The van der Waals surface area contributed by atoms with E-state index in [-0.39, 0.29) is 16.9 Å². The van der Waals surface area contributed by atoms with Gasteiger partial charge in [-0.1, -0.05) is 0 Å². The molecule has 17 heavy (non-hydrogen) atoms. The highest BCUT2D eigenvalue weighted by Gasteiger charge is 2.45. The summed E-state index contributed by atoms with van der Waals surface area (Å²) in [4.78, 5) is 13.3. The fraction of sp³-hybridized carbons (Fsp3) is 0.923. The lowest BCUT2D eigenvalue weighted by Gasteiger charge is -2.53. The van der Waals surface area contributed by atoms with E-state index in [0.717, 1.165) is 12.8 Å². The third kappa shape index (κ3) is 3.27. The highest BCUT2D eigenvalue weighted by molar-refractivity contribution is 5.77. The Bertz CT molecular complexity index is 282. The van der Waals surface area contributed by atoms with Crippen molar-refractivity contribution in [2.75, 3.05) is 13.6 Å². The third-order valence-electron chi connectivity index (χ3n) is 3.71.